The number of carbonyl (C=O) groups is 1. The zero-order valence-electron chi connectivity index (χ0n) is 19.1. The number of anilines is 2. The Kier molecular flexibility index (Phi) is 6.40. The van der Waals surface area contributed by atoms with Gasteiger partial charge < -0.3 is 10.1 Å². The van der Waals surface area contributed by atoms with Crippen LogP contribution in [0, 0.1) is 0 Å². The fourth-order valence-electron chi connectivity index (χ4n) is 3.19. The molecule has 0 spiro atoms. The van der Waals surface area contributed by atoms with E-state index in [4.69, 9.17) is 4.74 Å². The number of aromatic nitrogens is 2. The van der Waals surface area contributed by atoms with Crippen LogP contribution in [0.25, 0.3) is 10.9 Å². The van der Waals surface area contributed by atoms with Crippen LogP contribution in [0.4, 0.5) is 11.6 Å². The maximum absolute atomic E-state index is 12.4. The van der Waals surface area contributed by atoms with Crippen molar-refractivity contribution in [3.05, 3.63) is 94.3 Å². The number of hydrogen-bond donors (Lipinski definition) is 3. The molecular weight excluding hydrogens is 430 g/mol. The molecule has 0 aliphatic rings. The lowest BCUT2D eigenvalue weighted by Gasteiger charge is -2.21. The monoisotopic (exact) mass is 455 g/mol. The summed E-state index contributed by atoms with van der Waals surface area (Å²) in [5.41, 5.74) is 4.57. The Morgan fingerprint density at radius 2 is 1.71 bits per heavy atom. The van der Waals surface area contributed by atoms with Crippen molar-refractivity contribution in [1.29, 1.82) is 0 Å². The molecule has 0 aliphatic carbocycles. The van der Waals surface area contributed by atoms with E-state index < -0.39 is 0 Å². The number of amides is 1. The number of nitrogens with zero attached hydrogens (tertiary/aromatic N) is 2. The van der Waals surface area contributed by atoms with E-state index >= 15 is 0 Å². The Hall–Kier alpha value is -4.46. The summed E-state index contributed by atoms with van der Waals surface area (Å²) in [7, 11) is 0. The van der Waals surface area contributed by atoms with Crippen molar-refractivity contribution in [3.8, 4) is 5.75 Å². The third-order valence-corrected chi connectivity index (χ3v) is 4.71. The van der Waals surface area contributed by atoms with Gasteiger partial charge in [-0.2, -0.15) is 5.10 Å². The second-order valence-corrected chi connectivity index (χ2v) is 8.62. The number of benzene rings is 3. The van der Waals surface area contributed by atoms with Crippen molar-refractivity contribution in [2.24, 2.45) is 5.10 Å². The van der Waals surface area contributed by atoms with Crippen LogP contribution in [0.1, 0.15) is 36.7 Å². The van der Waals surface area contributed by atoms with Gasteiger partial charge in [-0.1, -0.05) is 12.1 Å². The number of carbonyl (C=O) groups excluding carboxylic acids is 1. The quantitative estimate of drug-likeness (QED) is 0.291. The van der Waals surface area contributed by atoms with Crippen molar-refractivity contribution in [2.45, 2.75) is 26.4 Å². The van der Waals surface area contributed by atoms with Gasteiger partial charge in [0.15, 0.2) is 0 Å². The number of aromatic amines is 1. The smallest absolute Gasteiger partial charge is 0.271 e. The molecular formula is C26H25N5O3. The van der Waals surface area contributed by atoms with Crippen molar-refractivity contribution in [3.63, 3.8) is 0 Å². The molecule has 1 aromatic heterocycles. The predicted octanol–water partition coefficient (Wildman–Crippen LogP) is 4.61. The first kappa shape index (κ1) is 22.7. The van der Waals surface area contributed by atoms with Crippen molar-refractivity contribution < 1.29 is 9.53 Å². The molecule has 8 heteroatoms. The molecule has 0 fully saturated rings. The van der Waals surface area contributed by atoms with E-state index in [1.165, 1.54) is 0 Å². The summed E-state index contributed by atoms with van der Waals surface area (Å²) in [6.45, 7) is 5.96. The second kappa shape index (κ2) is 9.58. The SMILES string of the molecule is CC(C)(C)Oc1ccc(/C=N\NC(=O)c2ccc(Nc3nc4ccccc4c(=O)[nH]3)cc2)cc1. The Bertz CT molecular complexity index is 1390. The van der Waals surface area contributed by atoms with Crippen LogP contribution in [0.15, 0.2) is 82.7 Å². The van der Waals surface area contributed by atoms with Crippen LogP contribution >= 0.6 is 0 Å². The molecule has 0 saturated heterocycles. The molecule has 0 radical (unpaired) electrons. The summed E-state index contributed by atoms with van der Waals surface area (Å²) in [4.78, 5) is 31.7. The van der Waals surface area contributed by atoms with Gasteiger partial charge in [0.05, 0.1) is 17.1 Å². The van der Waals surface area contributed by atoms with Crippen LogP contribution in [0.3, 0.4) is 0 Å². The fourth-order valence-corrected chi connectivity index (χ4v) is 3.19. The van der Waals surface area contributed by atoms with Crippen LogP contribution < -0.4 is 21.0 Å². The number of fused-ring (bicyclic) bond motifs is 1. The van der Waals surface area contributed by atoms with E-state index in [2.05, 4.69) is 25.8 Å². The molecule has 4 aromatic rings. The second-order valence-electron chi connectivity index (χ2n) is 8.62. The Morgan fingerprint density at radius 3 is 2.41 bits per heavy atom. The average Bonchev–Trinajstić information content (AvgIpc) is 2.80. The van der Waals surface area contributed by atoms with Gasteiger partial charge in [0.1, 0.15) is 11.4 Å². The van der Waals surface area contributed by atoms with Gasteiger partial charge in [-0.15, -0.1) is 0 Å². The first-order valence-corrected chi connectivity index (χ1v) is 10.8. The molecule has 0 aliphatic heterocycles. The highest BCUT2D eigenvalue weighted by Crippen LogP contribution is 2.18. The highest BCUT2D eigenvalue weighted by molar-refractivity contribution is 5.95. The van der Waals surface area contributed by atoms with E-state index in [1.54, 1.807) is 48.7 Å². The molecule has 34 heavy (non-hydrogen) atoms. The zero-order valence-corrected chi connectivity index (χ0v) is 19.1. The van der Waals surface area contributed by atoms with Gasteiger partial charge in [0.2, 0.25) is 5.95 Å². The highest BCUT2D eigenvalue weighted by Gasteiger charge is 2.11. The van der Waals surface area contributed by atoms with Gasteiger partial charge in [-0.25, -0.2) is 10.4 Å². The number of hydrazone groups is 1. The van der Waals surface area contributed by atoms with Gasteiger partial charge in [-0.3, -0.25) is 14.6 Å². The maximum Gasteiger partial charge on any atom is 0.271 e. The van der Waals surface area contributed by atoms with E-state index in [0.717, 1.165) is 11.3 Å². The largest absolute Gasteiger partial charge is 0.488 e. The lowest BCUT2D eigenvalue weighted by Crippen LogP contribution is -2.22. The minimum Gasteiger partial charge on any atom is -0.488 e. The van der Waals surface area contributed by atoms with Gasteiger partial charge in [0.25, 0.3) is 11.5 Å². The molecule has 1 amide bonds. The summed E-state index contributed by atoms with van der Waals surface area (Å²) < 4.78 is 5.79. The number of para-hydroxylation sites is 1. The van der Waals surface area contributed by atoms with E-state index in [1.807, 2.05) is 51.1 Å². The van der Waals surface area contributed by atoms with Crippen LogP contribution in [0.5, 0.6) is 5.75 Å². The fraction of sp³-hybridized carbons (Fsp3) is 0.154. The van der Waals surface area contributed by atoms with Gasteiger partial charge in [-0.05, 0) is 87.0 Å². The molecule has 172 valence electrons. The number of hydrogen-bond acceptors (Lipinski definition) is 6. The van der Waals surface area contributed by atoms with Crippen molar-refractivity contribution in [2.75, 3.05) is 5.32 Å². The molecule has 4 rings (SSSR count). The Balaban J connectivity index is 1.35. The van der Waals surface area contributed by atoms with Crippen molar-refractivity contribution in [1.82, 2.24) is 15.4 Å². The topological polar surface area (TPSA) is 108 Å². The molecule has 0 bridgehead atoms. The minimum atomic E-state index is -0.340. The Morgan fingerprint density at radius 1 is 1.00 bits per heavy atom. The molecule has 0 unspecified atom stereocenters. The van der Waals surface area contributed by atoms with Crippen LogP contribution in [-0.2, 0) is 0 Å². The summed E-state index contributed by atoms with van der Waals surface area (Å²) >= 11 is 0. The van der Waals surface area contributed by atoms with Gasteiger partial charge in [0, 0.05) is 11.3 Å². The molecule has 3 aromatic carbocycles. The minimum absolute atomic E-state index is 0.224. The van der Waals surface area contributed by atoms with Crippen LogP contribution in [-0.4, -0.2) is 27.7 Å². The molecule has 0 atom stereocenters. The zero-order chi connectivity index (χ0) is 24.1. The first-order chi connectivity index (χ1) is 16.3. The van der Waals surface area contributed by atoms with E-state index in [-0.39, 0.29) is 17.1 Å². The predicted molar refractivity (Wildman–Crippen MR) is 134 cm³/mol. The lowest BCUT2D eigenvalue weighted by atomic mass is 10.2. The summed E-state index contributed by atoms with van der Waals surface area (Å²) in [5, 5.41) is 7.59. The normalized spacial score (nSPS) is 11.5. The summed E-state index contributed by atoms with van der Waals surface area (Å²) in [6, 6.07) is 21.3. The van der Waals surface area contributed by atoms with Gasteiger partial charge >= 0.3 is 0 Å². The molecule has 0 saturated carbocycles. The standard InChI is InChI=1S/C26H25N5O3/c1-26(2,3)34-20-14-8-17(9-15-20)16-27-31-23(32)18-10-12-19(13-11-18)28-25-29-22-7-5-4-6-21(22)24(33)30-25/h4-16H,1-3H3,(H,31,32)(H2,28,29,30,33)/b27-16-. The third kappa shape index (κ3) is 5.86. The number of ether oxygens (including phenoxy) is 1. The number of rotatable bonds is 6. The van der Waals surface area contributed by atoms with E-state index in [9.17, 15) is 9.59 Å². The summed E-state index contributed by atoms with van der Waals surface area (Å²) in [6.07, 6.45) is 1.57. The maximum atomic E-state index is 12.4. The molecule has 3 N–H and O–H groups in total. The lowest BCUT2D eigenvalue weighted by molar-refractivity contribution is 0.0955. The molecule has 8 nitrogen and oxygen atoms in total. The van der Waals surface area contributed by atoms with Crippen LogP contribution in [0.2, 0.25) is 0 Å². The van der Waals surface area contributed by atoms with Crippen molar-refractivity contribution >= 4 is 34.7 Å². The Labute approximate surface area is 196 Å². The van der Waals surface area contributed by atoms with E-state index in [0.29, 0.717) is 28.1 Å². The first-order valence-electron chi connectivity index (χ1n) is 10.8. The number of nitrogens with one attached hydrogen (secondary N) is 3. The number of H-pyrrole nitrogens is 1. The summed E-state index contributed by atoms with van der Waals surface area (Å²) in [5.74, 6) is 0.752. The third-order valence-electron chi connectivity index (χ3n) is 4.71. The molecule has 1 heterocycles. The average molecular weight is 456 g/mol. The highest BCUT2D eigenvalue weighted by atomic mass is 16.5.